The number of hydrogen-bond acceptors (Lipinski definition) is 2. The molecule has 2 heterocycles. The molecule has 4 nitrogen and oxygen atoms in total. The maximum atomic E-state index is 12.2. The van der Waals surface area contributed by atoms with E-state index in [1.165, 1.54) is 0 Å². The second-order valence-electron chi connectivity index (χ2n) is 4.72. The van der Waals surface area contributed by atoms with Gasteiger partial charge in [0, 0.05) is 30.5 Å². The smallest absolute Gasteiger partial charge is 0.323 e. The average Bonchev–Trinajstić information content (AvgIpc) is 2.31. The number of pyridine rings is 1. The SMILES string of the molecule is CCC(C)N1C(=O)N(C)Cc2cnc(C)cc21. The molecule has 17 heavy (non-hydrogen) atoms. The van der Waals surface area contributed by atoms with Gasteiger partial charge in [-0.25, -0.2) is 4.79 Å². The zero-order valence-corrected chi connectivity index (χ0v) is 10.9. The van der Waals surface area contributed by atoms with Crippen molar-refractivity contribution in [1.82, 2.24) is 9.88 Å². The van der Waals surface area contributed by atoms with Crippen LogP contribution >= 0.6 is 0 Å². The van der Waals surface area contributed by atoms with E-state index in [1.54, 1.807) is 4.90 Å². The third-order valence-corrected chi connectivity index (χ3v) is 3.33. The van der Waals surface area contributed by atoms with E-state index in [0.717, 1.165) is 23.4 Å². The van der Waals surface area contributed by atoms with Gasteiger partial charge in [-0.05, 0) is 26.3 Å². The Hall–Kier alpha value is -1.58. The van der Waals surface area contributed by atoms with Crippen LogP contribution in [-0.4, -0.2) is 29.0 Å². The van der Waals surface area contributed by atoms with Crippen molar-refractivity contribution in [1.29, 1.82) is 0 Å². The van der Waals surface area contributed by atoms with Gasteiger partial charge in [0.15, 0.2) is 0 Å². The van der Waals surface area contributed by atoms with E-state index in [4.69, 9.17) is 0 Å². The number of carbonyl (C=O) groups excluding carboxylic acids is 1. The number of aromatic nitrogens is 1. The molecule has 1 unspecified atom stereocenters. The molecule has 1 aromatic heterocycles. The van der Waals surface area contributed by atoms with Gasteiger partial charge < -0.3 is 4.90 Å². The van der Waals surface area contributed by atoms with Gasteiger partial charge in [-0.1, -0.05) is 6.92 Å². The van der Waals surface area contributed by atoms with E-state index >= 15 is 0 Å². The molecule has 0 radical (unpaired) electrons. The van der Waals surface area contributed by atoms with E-state index in [9.17, 15) is 4.79 Å². The Kier molecular flexibility index (Phi) is 3.05. The van der Waals surface area contributed by atoms with Gasteiger partial charge in [0.05, 0.1) is 12.2 Å². The van der Waals surface area contributed by atoms with E-state index < -0.39 is 0 Å². The molecule has 1 aromatic rings. The summed E-state index contributed by atoms with van der Waals surface area (Å²) in [6, 6.07) is 2.30. The van der Waals surface area contributed by atoms with Gasteiger partial charge in [0.1, 0.15) is 0 Å². The summed E-state index contributed by atoms with van der Waals surface area (Å²) < 4.78 is 0. The Bertz CT molecular complexity index is 444. The first-order valence-corrected chi connectivity index (χ1v) is 6.04. The first kappa shape index (κ1) is 11.9. The van der Waals surface area contributed by atoms with Crippen LogP contribution in [0.1, 0.15) is 31.5 Å². The predicted octanol–water partition coefficient (Wildman–Crippen LogP) is 2.56. The van der Waals surface area contributed by atoms with Crippen LogP contribution in [0.3, 0.4) is 0 Å². The van der Waals surface area contributed by atoms with Crippen LogP contribution in [0.5, 0.6) is 0 Å². The van der Waals surface area contributed by atoms with E-state index in [-0.39, 0.29) is 12.1 Å². The van der Waals surface area contributed by atoms with Crippen LogP contribution in [0.4, 0.5) is 10.5 Å². The van der Waals surface area contributed by atoms with Crippen LogP contribution in [0.25, 0.3) is 0 Å². The standard InChI is InChI=1S/C13H19N3O/c1-5-10(3)16-12-6-9(2)14-7-11(12)8-15(4)13(16)17/h6-7,10H,5,8H2,1-4H3. The van der Waals surface area contributed by atoms with Crippen molar-refractivity contribution in [3.05, 3.63) is 23.5 Å². The average molecular weight is 233 g/mol. The minimum atomic E-state index is 0.0810. The Morgan fingerprint density at radius 1 is 1.53 bits per heavy atom. The lowest BCUT2D eigenvalue weighted by Crippen LogP contribution is -2.49. The van der Waals surface area contributed by atoms with Crippen LogP contribution in [0.15, 0.2) is 12.3 Å². The fourth-order valence-electron chi connectivity index (χ4n) is 2.14. The molecule has 2 rings (SSSR count). The van der Waals surface area contributed by atoms with Crippen molar-refractivity contribution < 1.29 is 4.79 Å². The van der Waals surface area contributed by atoms with Crippen molar-refractivity contribution in [3.63, 3.8) is 0 Å². The summed E-state index contributed by atoms with van der Waals surface area (Å²) >= 11 is 0. The summed E-state index contributed by atoms with van der Waals surface area (Å²) in [6.07, 6.45) is 2.82. The van der Waals surface area contributed by atoms with Crippen LogP contribution < -0.4 is 4.90 Å². The summed E-state index contributed by atoms with van der Waals surface area (Å²) in [5.41, 5.74) is 3.10. The van der Waals surface area contributed by atoms with Gasteiger partial charge in [-0.3, -0.25) is 9.88 Å². The highest BCUT2D eigenvalue weighted by Crippen LogP contribution is 2.30. The minimum absolute atomic E-state index is 0.0810. The van der Waals surface area contributed by atoms with Crippen molar-refractivity contribution >= 4 is 11.7 Å². The summed E-state index contributed by atoms with van der Waals surface area (Å²) in [4.78, 5) is 20.2. The van der Waals surface area contributed by atoms with E-state index in [2.05, 4.69) is 18.8 Å². The Labute approximate surface area is 102 Å². The van der Waals surface area contributed by atoms with Crippen molar-refractivity contribution in [2.24, 2.45) is 0 Å². The third kappa shape index (κ3) is 1.99. The number of aryl methyl sites for hydroxylation is 1. The molecule has 1 aliphatic heterocycles. The molecule has 0 saturated heterocycles. The minimum Gasteiger partial charge on any atom is -0.323 e. The molecule has 2 amide bonds. The highest BCUT2D eigenvalue weighted by Gasteiger charge is 2.31. The molecule has 1 aliphatic rings. The zero-order valence-electron chi connectivity index (χ0n) is 10.9. The molecule has 0 bridgehead atoms. The summed E-state index contributed by atoms with van der Waals surface area (Å²) in [5.74, 6) is 0. The number of hydrogen-bond donors (Lipinski definition) is 0. The second-order valence-corrected chi connectivity index (χ2v) is 4.72. The molecule has 4 heteroatoms. The maximum Gasteiger partial charge on any atom is 0.324 e. The van der Waals surface area contributed by atoms with Gasteiger partial charge >= 0.3 is 6.03 Å². The summed E-state index contributed by atoms with van der Waals surface area (Å²) in [6.45, 7) is 6.78. The summed E-state index contributed by atoms with van der Waals surface area (Å²) in [5, 5.41) is 0. The fraction of sp³-hybridized carbons (Fsp3) is 0.538. The number of anilines is 1. The number of fused-ring (bicyclic) bond motifs is 1. The largest absolute Gasteiger partial charge is 0.324 e. The van der Waals surface area contributed by atoms with Crippen LogP contribution in [0.2, 0.25) is 0 Å². The Morgan fingerprint density at radius 2 is 2.24 bits per heavy atom. The number of amides is 2. The first-order chi connectivity index (χ1) is 8.04. The highest BCUT2D eigenvalue weighted by atomic mass is 16.2. The normalized spacial score (nSPS) is 17.1. The van der Waals surface area contributed by atoms with E-state index in [1.807, 2.05) is 31.1 Å². The molecular formula is C13H19N3O. The molecule has 0 saturated carbocycles. The van der Waals surface area contributed by atoms with Gasteiger partial charge in [-0.2, -0.15) is 0 Å². The van der Waals surface area contributed by atoms with Crippen molar-refractivity contribution in [2.45, 2.75) is 39.8 Å². The lowest BCUT2D eigenvalue weighted by Gasteiger charge is -2.38. The van der Waals surface area contributed by atoms with Gasteiger partial charge in [0.25, 0.3) is 0 Å². The van der Waals surface area contributed by atoms with Crippen LogP contribution in [-0.2, 0) is 6.54 Å². The molecule has 0 N–H and O–H groups in total. The van der Waals surface area contributed by atoms with E-state index in [0.29, 0.717) is 6.54 Å². The number of nitrogens with zero attached hydrogens (tertiary/aromatic N) is 3. The third-order valence-electron chi connectivity index (χ3n) is 3.33. The lowest BCUT2D eigenvalue weighted by molar-refractivity contribution is 0.207. The quantitative estimate of drug-likeness (QED) is 0.787. The van der Waals surface area contributed by atoms with Crippen molar-refractivity contribution in [2.75, 3.05) is 11.9 Å². The monoisotopic (exact) mass is 233 g/mol. The first-order valence-electron chi connectivity index (χ1n) is 6.04. The highest BCUT2D eigenvalue weighted by molar-refractivity contribution is 5.95. The molecule has 0 spiro atoms. The van der Waals surface area contributed by atoms with Crippen LogP contribution in [0, 0.1) is 6.92 Å². The number of urea groups is 1. The fourth-order valence-corrected chi connectivity index (χ4v) is 2.14. The Morgan fingerprint density at radius 3 is 2.88 bits per heavy atom. The number of carbonyl (C=O) groups is 1. The number of rotatable bonds is 2. The summed E-state index contributed by atoms with van der Waals surface area (Å²) in [7, 11) is 1.83. The molecular weight excluding hydrogens is 214 g/mol. The topological polar surface area (TPSA) is 36.4 Å². The molecule has 0 aromatic carbocycles. The van der Waals surface area contributed by atoms with Gasteiger partial charge in [-0.15, -0.1) is 0 Å². The molecule has 1 atom stereocenters. The Balaban J connectivity index is 2.50. The molecule has 0 aliphatic carbocycles. The maximum absolute atomic E-state index is 12.2. The van der Waals surface area contributed by atoms with Gasteiger partial charge in [0.2, 0.25) is 0 Å². The molecule has 0 fully saturated rings. The predicted molar refractivity (Wildman–Crippen MR) is 68.1 cm³/mol. The second kappa shape index (κ2) is 4.35. The molecule has 92 valence electrons. The zero-order chi connectivity index (χ0) is 12.6. The van der Waals surface area contributed by atoms with Crippen molar-refractivity contribution in [3.8, 4) is 0 Å². The lowest BCUT2D eigenvalue weighted by atomic mass is 10.1.